The van der Waals surface area contributed by atoms with Crippen LogP contribution >= 0.6 is 0 Å². The molecule has 0 unspecified atom stereocenters. The molecule has 20 heavy (non-hydrogen) atoms. The summed E-state index contributed by atoms with van der Waals surface area (Å²) in [7, 11) is 0. The summed E-state index contributed by atoms with van der Waals surface area (Å²) in [6.45, 7) is 9.42. The zero-order chi connectivity index (χ0) is 14.7. The van der Waals surface area contributed by atoms with Gasteiger partial charge in [-0.25, -0.2) is 0 Å². The molecule has 0 aliphatic heterocycles. The van der Waals surface area contributed by atoms with Gasteiger partial charge in [-0.15, -0.1) is 0 Å². The Balaban J connectivity index is 2.19. The van der Waals surface area contributed by atoms with Gasteiger partial charge in [0.1, 0.15) is 0 Å². The lowest BCUT2D eigenvalue weighted by Crippen LogP contribution is -1.95. The molecule has 0 saturated carbocycles. The number of aromatic nitrogens is 4. The molecule has 0 fully saturated rings. The minimum atomic E-state index is -0.0224. The molecule has 0 bridgehead atoms. The molecule has 2 aromatic rings. The molecule has 0 saturated heterocycles. The molecule has 0 spiro atoms. The van der Waals surface area contributed by atoms with E-state index >= 15 is 0 Å². The molecule has 0 amide bonds. The Morgan fingerprint density at radius 3 is 2.25 bits per heavy atom. The Morgan fingerprint density at radius 1 is 1.10 bits per heavy atom. The molecule has 0 atom stereocenters. The number of hydrogen-bond acceptors (Lipinski definition) is 3. The van der Waals surface area contributed by atoms with Crippen molar-refractivity contribution in [3.05, 3.63) is 41.0 Å². The lowest BCUT2D eigenvalue weighted by Gasteiger charge is -1.92. The summed E-state index contributed by atoms with van der Waals surface area (Å²) in [6.07, 6.45) is 7.15. The number of hydrogen-bond donors (Lipinski definition) is 0. The summed E-state index contributed by atoms with van der Waals surface area (Å²) in [4.78, 5) is 12.2. The van der Waals surface area contributed by atoms with Gasteiger partial charge in [0.25, 0.3) is 0 Å². The van der Waals surface area contributed by atoms with Crippen LogP contribution < -0.4 is 0 Å². The number of allylic oxidation sites excluding steroid dienone is 1. The maximum atomic E-state index is 12.2. The van der Waals surface area contributed by atoms with E-state index in [9.17, 15) is 4.79 Å². The molecule has 0 N–H and O–H groups in total. The predicted octanol–water partition coefficient (Wildman–Crippen LogP) is 2.63. The van der Waals surface area contributed by atoms with E-state index in [1.807, 2.05) is 44.6 Å². The predicted molar refractivity (Wildman–Crippen MR) is 78.6 cm³/mol. The number of aryl methyl sites for hydroxylation is 4. The van der Waals surface area contributed by atoms with Gasteiger partial charge in [0.15, 0.2) is 5.78 Å². The molecule has 0 aliphatic carbocycles. The summed E-state index contributed by atoms with van der Waals surface area (Å²) in [5, 5.41) is 8.64. The van der Waals surface area contributed by atoms with Crippen molar-refractivity contribution in [2.75, 3.05) is 0 Å². The average molecular weight is 272 g/mol. The van der Waals surface area contributed by atoms with E-state index in [2.05, 4.69) is 10.2 Å². The summed E-state index contributed by atoms with van der Waals surface area (Å²) < 4.78 is 3.64. The highest BCUT2D eigenvalue weighted by Gasteiger charge is 2.10. The van der Waals surface area contributed by atoms with E-state index in [0.29, 0.717) is 5.56 Å². The van der Waals surface area contributed by atoms with E-state index in [0.717, 1.165) is 30.0 Å². The van der Waals surface area contributed by atoms with Crippen molar-refractivity contribution < 1.29 is 4.79 Å². The van der Waals surface area contributed by atoms with Gasteiger partial charge >= 0.3 is 0 Å². The quantitative estimate of drug-likeness (QED) is 0.621. The van der Waals surface area contributed by atoms with Gasteiger partial charge in [-0.2, -0.15) is 10.2 Å². The van der Waals surface area contributed by atoms with Crippen molar-refractivity contribution in [3.63, 3.8) is 0 Å². The maximum Gasteiger partial charge on any atom is 0.189 e. The third-order valence-electron chi connectivity index (χ3n) is 3.26. The van der Waals surface area contributed by atoms with Gasteiger partial charge in [-0.3, -0.25) is 14.2 Å². The number of ketones is 1. The number of carbonyl (C=O) groups excluding carboxylic acids is 1. The van der Waals surface area contributed by atoms with Gasteiger partial charge in [0, 0.05) is 31.0 Å². The Kier molecular flexibility index (Phi) is 4.17. The van der Waals surface area contributed by atoms with Crippen LogP contribution in [0.3, 0.4) is 0 Å². The first-order valence-electron chi connectivity index (χ1n) is 6.85. The first kappa shape index (κ1) is 14.2. The molecular weight excluding hydrogens is 252 g/mol. The normalized spacial score (nSPS) is 11.4. The van der Waals surface area contributed by atoms with Crippen LogP contribution in [0.5, 0.6) is 0 Å². The SMILES string of the molecule is CCn1cc(C=CC(=O)c2cn(CC)nc2C)c(C)n1. The molecule has 0 aliphatic rings. The fourth-order valence-electron chi connectivity index (χ4n) is 2.04. The van der Waals surface area contributed by atoms with Crippen molar-refractivity contribution in [1.29, 1.82) is 0 Å². The number of nitrogens with zero attached hydrogens (tertiary/aromatic N) is 4. The zero-order valence-electron chi connectivity index (χ0n) is 12.4. The fraction of sp³-hybridized carbons (Fsp3) is 0.400. The monoisotopic (exact) mass is 272 g/mol. The largest absolute Gasteiger partial charge is 0.289 e. The van der Waals surface area contributed by atoms with E-state index < -0.39 is 0 Å². The Labute approximate surface area is 118 Å². The fourth-order valence-corrected chi connectivity index (χ4v) is 2.04. The second-order valence-corrected chi connectivity index (χ2v) is 4.71. The molecular formula is C15H20N4O. The van der Waals surface area contributed by atoms with Gasteiger partial charge in [0.2, 0.25) is 0 Å². The van der Waals surface area contributed by atoms with E-state index in [1.54, 1.807) is 17.0 Å². The van der Waals surface area contributed by atoms with E-state index in [1.165, 1.54) is 0 Å². The minimum Gasteiger partial charge on any atom is -0.289 e. The van der Waals surface area contributed by atoms with Crippen LogP contribution in [0.4, 0.5) is 0 Å². The van der Waals surface area contributed by atoms with Gasteiger partial charge in [-0.1, -0.05) is 0 Å². The first-order valence-corrected chi connectivity index (χ1v) is 6.85. The minimum absolute atomic E-state index is 0.0224. The van der Waals surface area contributed by atoms with E-state index in [-0.39, 0.29) is 5.78 Å². The molecule has 2 rings (SSSR count). The van der Waals surface area contributed by atoms with Gasteiger partial charge in [-0.05, 0) is 39.8 Å². The molecule has 5 nitrogen and oxygen atoms in total. The summed E-state index contributed by atoms with van der Waals surface area (Å²) in [6, 6.07) is 0. The van der Waals surface area contributed by atoms with Gasteiger partial charge in [0.05, 0.1) is 17.0 Å². The Bertz CT molecular complexity index is 649. The van der Waals surface area contributed by atoms with E-state index in [4.69, 9.17) is 0 Å². The second-order valence-electron chi connectivity index (χ2n) is 4.71. The van der Waals surface area contributed by atoms with Crippen molar-refractivity contribution in [3.8, 4) is 0 Å². The smallest absolute Gasteiger partial charge is 0.189 e. The van der Waals surface area contributed by atoms with Crippen LogP contribution in [0.25, 0.3) is 6.08 Å². The lowest BCUT2D eigenvalue weighted by atomic mass is 10.1. The summed E-state index contributed by atoms with van der Waals surface area (Å²) in [5.74, 6) is -0.0224. The molecule has 0 radical (unpaired) electrons. The molecule has 2 heterocycles. The third kappa shape index (κ3) is 2.87. The second kappa shape index (κ2) is 5.86. The number of rotatable bonds is 5. The van der Waals surface area contributed by atoms with Crippen molar-refractivity contribution in [1.82, 2.24) is 19.6 Å². The van der Waals surface area contributed by atoms with Crippen LogP contribution in [0.1, 0.15) is 41.2 Å². The highest BCUT2D eigenvalue weighted by atomic mass is 16.1. The van der Waals surface area contributed by atoms with Gasteiger partial charge < -0.3 is 0 Å². The molecule has 5 heteroatoms. The van der Waals surface area contributed by atoms with Crippen LogP contribution in [-0.2, 0) is 13.1 Å². The first-order chi connectivity index (χ1) is 9.55. The molecule has 0 aromatic carbocycles. The summed E-state index contributed by atoms with van der Waals surface area (Å²) in [5.41, 5.74) is 3.32. The number of carbonyl (C=O) groups is 1. The zero-order valence-corrected chi connectivity index (χ0v) is 12.4. The third-order valence-corrected chi connectivity index (χ3v) is 3.26. The highest BCUT2D eigenvalue weighted by molar-refractivity contribution is 6.07. The lowest BCUT2D eigenvalue weighted by molar-refractivity contribution is 0.104. The maximum absolute atomic E-state index is 12.2. The Morgan fingerprint density at radius 2 is 1.70 bits per heavy atom. The summed E-state index contributed by atoms with van der Waals surface area (Å²) >= 11 is 0. The standard InChI is InChI=1S/C15H20N4O/c1-5-18-9-13(11(3)16-18)7-8-15(20)14-10-19(6-2)17-12(14)4/h7-10H,5-6H2,1-4H3. The molecule has 2 aromatic heterocycles. The average Bonchev–Trinajstić information content (AvgIpc) is 2.99. The van der Waals surface area contributed by atoms with Crippen molar-refractivity contribution in [2.45, 2.75) is 40.8 Å². The van der Waals surface area contributed by atoms with Crippen LogP contribution in [0.15, 0.2) is 18.5 Å². The van der Waals surface area contributed by atoms with Crippen LogP contribution in [-0.4, -0.2) is 25.3 Å². The Hall–Kier alpha value is -2.17. The van der Waals surface area contributed by atoms with Crippen molar-refractivity contribution >= 4 is 11.9 Å². The molecule has 106 valence electrons. The van der Waals surface area contributed by atoms with Crippen LogP contribution in [0.2, 0.25) is 0 Å². The van der Waals surface area contributed by atoms with Crippen LogP contribution in [0, 0.1) is 13.8 Å². The highest BCUT2D eigenvalue weighted by Crippen LogP contribution is 2.11. The topological polar surface area (TPSA) is 52.7 Å². The van der Waals surface area contributed by atoms with Crippen molar-refractivity contribution in [2.24, 2.45) is 0 Å².